The molecule has 1 rings (SSSR count). The Kier molecular flexibility index (Phi) is 2.21. The third-order valence-electron chi connectivity index (χ3n) is 1.23. The largest absolute Gasteiger partial charge is 0.381 e. The van der Waals surface area contributed by atoms with Gasteiger partial charge in [-0.2, -0.15) is 5.26 Å². The van der Waals surface area contributed by atoms with Gasteiger partial charge in [0.2, 0.25) is 0 Å². The van der Waals surface area contributed by atoms with Crippen molar-refractivity contribution in [3.8, 4) is 6.07 Å². The molecule has 0 bridgehead atoms. The topological polar surface area (TPSA) is 92.9 Å². The number of nitrogens with one attached hydrogen (secondary N) is 1. The molecule has 3 N–H and O–H groups in total. The lowest BCUT2D eigenvalue weighted by Crippen LogP contribution is -2.16. The fraction of sp³-hybridized carbons (Fsp3) is 0.333. The van der Waals surface area contributed by atoms with Gasteiger partial charge in [0.05, 0.1) is 6.07 Å². The minimum Gasteiger partial charge on any atom is -0.381 e. The summed E-state index contributed by atoms with van der Waals surface area (Å²) in [6.45, 7) is 0. The van der Waals surface area contributed by atoms with Crippen molar-refractivity contribution in [2.75, 3.05) is 0 Å². The standard InChI is InChI=1S/C6H7N3O2/c7-3-4(10)5(11)6-8-1-2-9-6/h1-2,4-5,10-11H,(H,8,9). The number of hydrogen-bond acceptors (Lipinski definition) is 4. The molecule has 0 saturated heterocycles. The van der Waals surface area contributed by atoms with Gasteiger partial charge in [-0.25, -0.2) is 4.98 Å². The van der Waals surface area contributed by atoms with Crippen LogP contribution in [0, 0.1) is 11.3 Å². The second-order valence-corrected chi connectivity index (χ2v) is 1.99. The van der Waals surface area contributed by atoms with E-state index in [-0.39, 0.29) is 5.82 Å². The molecule has 2 unspecified atom stereocenters. The molecule has 5 nitrogen and oxygen atoms in total. The molecule has 11 heavy (non-hydrogen) atoms. The van der Waals surface area contributed by atoms with Gasteiger partial charge in [-0.05, 0) is 0 Å². The Labute approximate surface area is 62.9 Å². The highest BCUT2D eigenvalue weighted by molar-refractivity contribution is 5.00. The molecule has 0 radical (unpaired) electrons. The fourth-order valence-electron chi connectivity index (χ4n) is 0.659. The fourth-order valence-corrected chi connectivity index (χ4v) is 0.659. The summed E-state index contributed by atoms with van der Waals surface area (Å²) >= 11 is 0. The van der Waals surface area contributed by atoms with Crippen molar-refractivity contribution >= 4 is 0 Å². The summed E-state index contributed by atoms with van der Waals surface area (Å²) < 4.78 is 0. The maximum atomic E-state index is 9.11. The third-order valence-corrected chi connectivity index (χ3v) is 1.23. The van der Waals surface area contributed by atoms with Crippen LogP contribution in [-0.2, 0) is 0 Å². The Morgan fingerprint density at radius 2 is 2.36 bits per heavy atom. The quantitative estimate of drug-likeness (QED) is 0.491. The van der Waals surface area contributed by atoms with Gasteiger partial charge in [-0.3, -0.25) is 0 Å². The van der Waals surface area contributed by atoms with Crippen LogP contribution >= 0.6 is 0 Å². The minimum absolute atomic E-state index is 0.194. The van der Waals surface area contributed by atoms with Crippen molar-refractivity contribution in [1.29, 1.82) is 5.26 Å². The average Bonchev–Trinajstić information content (AvgIpc) is 2.53. The van der Waals surface area contributed by atoms with Crippen LogP contribution in [0.2, 0.25) is 0 Å². The highest BCUT2D eigenvalue weighted by Crippen LogP contribution is 2.10. The second-order valence-electron chi connectivity index (χ2n) is 1.99. The van der Waals surface area contributed by atoms with Crippen molar-refractivity contribution in [3.63, 3.8) is 0 Å². The summed E-state index contributed by atoms with van der Waals surface area (Å²) in [5, 5.41) is 26.1. The Morgan fingerprint density at radius 1 is 1.64 bits per heavy atom. The molecule has 1 aromatic heterocycles. The molecule has 0 aliphatic carbocycles. The number of nitrogens with zero attached hydrogens (tertiary/aromatic N) is 2. The van der Waals surface area contributed by atoms with Crippen LogP contribution < -0.4 is 0 Å². The molecular weight excluding hydrogens is 146 g/mol. The number of aliphatic hydroxyl groups is 2. The van der Waals surface area contributed by atoms with Gasteiger partial charge in [0, 0.05) is 12.4 Å². The molecular formula is C6H7N3O2. The monoisotopic (exact) mass is 153 g/mol. The van der Waals surface area contributed by atoms with Crippen molar-refractivity contribution in [2.24, 2.45) is 0 Å². The van der Waals surface area contributed by atoms with E-state index in [2.05, 4.69) is 9.97 Å². The van der Waals surface area contributed by atoms with Crippen LogP contribution in [0.5, 0.6) is 0 Å². The number of aromatic nitrogens is 2. The van der Waals surface area contributed by atoms with Crippen molar-refractivity contribution < 1.29 is 10.2 Å². The average molecular weight is 153 g/mol. The molecule has 1 heterocycles. The zero-order valence-corrected chi connectivity index (χ0v) is 5.60. The molecule has 0 aromatic carbocycles. The van der Waals surface area contributed by atoms with Gasteiger partial charge in [-0.1, -0.05) is 0 Å². The van der Waals surface area contributed by atoms with Crippen LogP contribution in [0.4, 0.5) is 0 Å². The van der Waals surface area contributed by atoms with E-state index in [9.17, 15) is 0 Å². The summed E-state index contributed by atoms with van der Waals surface area (Å²) in [5.74, 6) is 0.194. The van der Waals surface area contributed by atoms with Gasteiger partial charge in [0.15, 0.2) is 12.2 Å². The molecule has 0 saturated carbocycles. The van der Waals surface area contributed by atoms with Crippen LogP contribution in [0.1, 0.15) is 11.9 Å². The molecule has 0 fully saturated rings. The first-order chi connectivity index (χ1) is 5.25. The number of rotatable bonds is 2. The van der Waals surface area contributed by atoms with E-state index in [1.54, 1.807) is 0 Å². The zero-order valence-electron chi connectivity index (χ0n) is 5.60. The summed E-state index contributed by atoms with van der Waals surface area (Å²) in [6, 6.07) is 1.50. The van der Waals surface area contributed by atoms with E-state index in [1.165, 1.54) is 18.5 Å². The maximum Gasteiger partial charge on any atom is 0.173 e. The van der Waals surface area contributed by atoms with Gasteiger partial charge in [0.25, 0.3) is 0 Å². The molecule has 0 aliphatic heterocycles. The van der Waals surface area contributed by atoms with E-state index >= 15 is 0 Å². The Balaban J connectivity index is 2.71. The second kappa shape index (κ2) is 3.14. The molecule has 0 amide bonds. The van der Waals surface area contributed by atoms with Crippen LogP contribution in [0.25, 0.3) is 0 Å². The first kappa shape index (κ1) is 7.72. The predicted octanol–water partition coefficient (Wildman–Crippen LogP) is -0.672. The Bertz CT molecular complexity index is 251. The number of H-pyrrole nitrogens is 1. The molecule has 58 valence electrons. The predicted molar refractivity (Wildman–Crippen MR) is 35.2 cm³/mol. The molecule has 5 heteroatoms. The van der Waals surface area contributed by atoms with Crippen molar-refractivity contribution in [2.45, 2.75) is 12.2 Å². The summed E-state index contributed by atoms with van der Waals surface area (Å²) in [7, 11) is 0. The number of aliphatic hydroxyl groups excluding tert-OH is 2. The first-order valence-corrected chi connectivity index (χ1v) is 3.00. The summed E-state index contributed by atoms with van der Waals surface area (Å²) in [5.41, 5.74) is 0. The number of nitriles is 1. The number of imidazole rings is 1. The lowest BCUT2D eigenvalue weighted by atomic mass is 10.2. The lowest BCUT2D eigenvalue weighted by molar-refractivity contribution is 0.0473. The smallest absolute Gasteiger partial charge is 0.173 e. The van der Waals surface area contributed by atoms with Gasteiger partial charge in [-0.15, -0.1) is 0 Å². The van der Waals surface area contributed by atoms with Gasteiger partial charge >= 0.3 is 0 Å². The van der Waals surface area contributed by atoms with Gasteiger partial charge in [0.1, 0.15) is 5.82 Å². The molecule has 0 spiro atoms. The van der Waals surface area contributed by atoms with E-state index in [4.69, 9.17) is 15.5 Å². The zero-order chi connectivity index (χ0) is 8.27. The van der Waals surface area contributed by atoms with Crippen molar-refractivity contribution in [3.05, 3.63) is 18.2 Å². The maximum absolute atomic E-state index is 9.11. The summed E-state index contributed by atoms with van der Waals surface area (Å²) in [4.78, 5) is 6.25. The Morgan fingerprint density at radius 3 is 2.82 bits per heavy atom. The minimum atomic E-state index is -1.43. The normalized spacial score (nSPS) is 15.4. The van der Waals surface area contributed by atoms with Crippen molar-refractivity contribution in [1.82, 2.24) is 9.97 Å². The van der Waals surface area contributed by atoms with E-state index in [0.717, 1.165) is 0 Å². The molecule has 0 aliphatic rings. The van der Waals surface area contributed by atoms with Gasteiger partial charge < -0.3 is 15.2 Å². The summed E-state index contributed by atoms with van der Waals surface area (Å²) in [6.07, 6.45) is 0.252. The molecule has 2 atom stereocenters. The highest BCUT2D eigenvalue weighted by atomic mass is 16.3. The Hall–Kier alpha value is -1.38. The van der Waals surface area contributed by atoms with Crippen LogP contribution in [0.15, 0.2) is 12.4 Å². The lowest BCUT2D eigenvalue weighted by Gasteiger charge is -2.06. The first-order valence-electron chi connectivity index (χ1n) is 3.00. The van der Waals surface area contributed by atoms with Crippen LogP contribution in [-0.4, -0.2) is 26.3 Å². The van der Waals surface area contributed by atoms with E-state index in [0.29, 0.717) is 0 Å². The van der Waals surface area contributed by atoms with E-state index < -0.39 is 12.2 Å². The number of aromatic amines is 1. The number of hydrogen-bond donors (Lipinski definition) is 3. The SMILES string of the molecule is N#CC(O)C(O)c1ncc[nH]1. The third kappa shape index (κ3) is 1.55. The van der Waals surface area contributed by atoms with Crippen LogP contribution in [0.3, 0.4) is 0 Å². The molecule has 1 aromatic rings. The van der Waals surface area contributed by atoms with E-state index in [1.807, 2.05) is 0 Å². The highest BCUT2D eigenvalue weighted by Gasteiger charge is 2.19.